The van der Waals surface area contributed by atoms with Crippen molar-refractivity contribution >= 4 is 0 Å². The van der Waals surface area contributed by atoms with E-state index in [9.17, 15) is 5.11 Å². The van der Waals surface area contributed by atoms with E-state index in [0.717, 1.165) is 44.1 Å². The smallest absolute Gasteiger partial charge is 0.138 e. The van der Waals surface area contributed by atoms with E-state index in [1.54, 1.807) is 6.07 Å². The average molecular weight is 263 g/mol. The maximum atomic E-state index is 9.85. The third-order valence-corrected chi connectivity index (χ3v) is 3.78. The number of aromatic nitrogens is 1. The fourth-order valence-electron chi connectivity index (χ4n) is 2.51. The van der Waals surface area contributed by atoms with Crippen LogP contribution in [0.25, 0.3) is 0 Å². The van der Waals surface area contributed by atoms with Crippen molar-refractivity contribution in [2.24, 2.45) is 0 Å². The highest BCUT2D eigenvalue weighted by atomic mass is 16.3. The SMILES string of the molecule is Cc1ccc(O)c(CN2CCN(C(C)(C)C)CC2)n1. The van der Waals surface area contributed by atoms with Crippen LogP contribution in [-0.4, -0.2) is 51.6 Å². The predicted octanol–water partition coefficient (Wildman–Crippen LogP) is 2.01. The van der Waals surface area contributed by atoms with Gasteiger partial charge < -0.3 is 5.11 Å². The van der Waals surface area contributed by atoms with Gasteiger partial charge in [0.1, 0.15) is 5.75 Å². The number of nitrogens with zero attached hydrogens (tertiary/aromatic N) is 3. The highest BCUT2D eigenvalue weighted by Gasteiger charge is 2.26. The number of pyridine rings is 1. The second-order valence-electron chi connectivity index (χ2n) is 6.35. The van der Waals surface area contributed by atoms with Crippen molar-refractivity contribution < 1.29 is 5.11 Å². The molecule has 0 spiro atoms. The van der Waals surface area contributed by atoms with Crippen molar-refractivity contribution in [2.75, 3.05) is 26.2 Å². The van der Waals surface area contributed by atoms with Crippen LogP contribution in [-0.2, 0) is 6.54 Å². The Labute approximate surface area is 116 Å². The van der Waals surface area contributed by atoms with Gasteiger partial charge in [0, 0.05) is 44.0 Å². The first-order valence-electron chi connectivity index (χ1n) is 6.99. The standard InChI is InChI=1S/C15H25N3O/c1-12-5-6-14(19)13(16-12)11-17-7-9-18(10-8-17)15(2,3)4/h5-6,19H,7-11H2,1-4H3. The molecule has 0 bridgehead atoms. The first kappa shape index (κ1) is 14.3. The Kier molecular flexibility index (Phi) is 4.11. The van der Waals surface area contributed by atoms with Gasteiger partial charge in [0.05, 0.1) is 5.69 Å². The van der Waals surface area contributed by atoms with Crippen LogP contribution in [0.15, 0.2) is 12.1 Å². The van der Waals surface area contributed by atoms with Gasteiger partial charge >= 0.3 is 0 Å². The zero-order valence-corrected chi connectivity index (χ0v) is 12.5. The van der Waals surface area contributed by atoms with Gasteiger partial charge in [-0.25, -0.2) is 0 Å². The molecule has 1 saturated heterocycles. The maximum absolute atomic E-state index is 9.85. The number of rotatable bonds is 2. The Morgan fingerprint density at radius 2 is 1.79 bits per heavy atom. The summed E-state index contributed by atoms with van der Waals surface area (Å²) in [7, 11) is 0. The molecule has 1 aromatic rings. The highest BCUT2D eigenvalue weighted by molar-refractivity contribution is 5.27. The van der Waals surface area contributed by atoms with Gasteiger partial charge in [-0.2, -0.15) is 0 Å². The molecule has 0 saturated carbocycles. The topological polar surface area (TPSA) is 39.6 Å². The van der Waals surface area contributed by atoms with Crippen molar-refractivity contribution in [1.82, 2.24) is 14.8 Å². The van der Waals surface area contributed by atoms with Crippen molar-refractivity contribution in [3.63, 3.8) is 0 Å². The second kappa shape index (κ2) is 5.47. The molecule has 1 aromatic heterocycles. The third-order valence-electron chi connectivity index (χ3n) is 3.78. The summed E-state index contributed by atoms with van der Waals surface area (Å²) < 4.78 is 0. The van der Waals surface area contributed by atoms with Crippen LogP contribution in [0.3, 0.4) is 0 Å². The normalized spacial score (nSPS) is 18.7. The molecule has 4 heteroatoms. The predicted molar refractivity (Wildman–Crippen MR) is 77.2 cm³/mol. The van der Waals surface area contributed by atoms with E-state index in [0.29, 0.717) is 5.75 Å². The molecule has 4 nitrogen and oxygen atoms in total. The zero-order chi connectivity index (χ0) is 14.0. The lowest BCUT2D eigenvalue weighted by Crippen LogP contribution is -2.53. The number of aromatic hydroxyl groups is 1. The van der Waals surface area contributed by atoms with Gasteiger partial charge in [0.2, 0.25) is 0 Å². The van der Waals surface area contributed by atoms with Crippen LogP contribution in [0.1, 0.15) is 32.2 Å². The van der Waals surface area contributed by atoms with Crippen molar-refractivity contribution in [1.29, 1.82) is 0 Å². The summed E-state index contributed by atoms with van der Waals surface area (Å²) in [4.78, 5) is 9.30. The van der Waals surface area contributed by atoms with Gasteiger partial charge in [0.25, 0.3) is 0 Å². The lowest BCUT2D eigenvalue weighted by molar-refractivity contribution is 0.0582. The van der Waals surface area contributed by atoms with E-state index in [4.69, 9.17) is 0 Å². The molecule has 2 rings (SSSR count). The van der Waals surface area contributed by atoms with Crippen LogP contribution in [0, 0.1) is 6.92 Å². The maximum Gasteiger partial charge on any atom is 0.138 e. The molecular formula is C15H25N3O. The summed E-state index contributed by atoms with van der Waals surface area (Å²) in [6.45, 7) is 13.7. The van der Waals surface area contributed by atoms with E-state index in [1.165, 1.54) is 0 Å². The Morgan fingerprint density at radius 1 is 1.16 bits per heavy atom. The van der Waals surface area contributed by atoms with Crippen LogP contribution in [0.4, 0.5) is 0 Å². The molecule has 106 valence electrons. The minimum atomic E-state index is 0.246. The first-order valence-corrected chi connectivity index (χ1v) is 6.99. The molecule has 1 N–H and O–H groups in total. The van der Waals surface area contributed by atoms with E-state index < -0.39 is 0 Å². The van der Waals surface area contributed by atoms with Gasteiger partial charge in [-0.05, 0) is 39.8 Å². The zero-order valence-electron chi connectivity index (χ0n) is 12.5. The molecule has 1 aliphatic rings. The molecule has 0 unspecified atom stereocenters. The molecular weight excluding hydrogens is 238 g/mol. The Hall–Kier alpha value is -1.13. The molecule has 0 aromatic carbocycles. The second-order valence-corrected chi connectivity index (χ2v) is 6.35. The monoisotopic (exact) mass is 263 g/mol. The Bertz CT molecular complexity index is 432. The molecule has 2 heterocycles. The fourth-order valence-corrected chi connectivity index (χ4v) is 2.51. The fraction of sp³-hybridized carbons (Fsp3) is 0.667. The molecule has 1 fully saturated rings. The largest absolute Gasteiger partial charge is 0.506 e. The van der Waals surface area contributed by atoms with E-state index in [2.05, 4.69) is 35.6 Å². The van der Waals surface area contributed by atoms with E-state index in [-0.39, 0.29) is 5.54 Å². The van der Waals surface area contributed by atoms with Crippen molar-refractivity contribution in [2.45, 2.75) is 39.8 Å². The number of piperazine rings is 1. The molecule has 19 heavy (non-hydrogen) atoms. The van der Waals surface area contributed by atoms with Crippen molar-refractivity contribution in [3.05, 3.63) is 23.5 Å². The van der Waals surface area contributed by atoms with Gasteiger partial charge in [-0.15, -0.1) is 0 Å². The van der Waals surface area contributed by atoms with Crippen LogP contribution in [0.5, 0.6) is 5.75 Å². The number of hydrogen-bond acceptors (Lipinski definition) is 4. The minimum absolute atomic E-state index is 0.246. The molecule has 0 amide bonds. The minimum Gasteiger partial charge on any atom is -0.506 e. The summed E-state index contributed by atoms with van der Waals surface area (Å²) >= 11 is 0. The quantitative estimate of drug-likeness (QED) is 0.886. The van der Waals surface area contributed by atoms with Gasteiger partial charge in [0.15, 0.2) is 0 Å². The summed E-state index contributed by atoms with van der Waals surface area (Å²) in [5.41, 5.74) is 2.00. The van der Waals surface area contributed by atoms with Crippen LogP contribution in [0.2, 0.25) is 0 Å². The van der Waals surface area contributed by atoms with Crippen LogP contribution >= 0.6 is 0 Å². The summed E-state index contributed by atoms with van der Waals surface area (Å²) in [6.07, 6.45) is 0. The Morgan fingerprint density at radius 3 is 2.37 bits per heavy atom. The molecule has 0 radical (unpaired) electrons. The lowest BCUT2D eigenvalue weighted by atomic mass is 10.0. The van der Waals surface area contributed by atoms with Crippen LogP contribution < -0.4 is 0 Å². The summed E-state index contributed by atoms with van der Waals surface area (Å²) in [6, 6.07) is 3.58. The van der Waals surface area contributed by atoms with E-state index >= 15 is 0 Å². The van der Waals surface area contributed by atoms with E-state index in [1.807, 2.05) is 13.0 Å². The number of hydrogen-bond donors (Lipinski definition) is 1. The van der Waals surface area contributed by atoms with Gasteiger partial charge in [-0.3, -0.25) is 14.8 Å². The lowest BCUT2D eigenvalue weighted by Gasteiger charge is -2.42. The number of aryl methyl sites for hydroxylation is 1. The summed E-state index contributed by atoms with van der Waals surface area (Å²) in [5.74, 6) is 0.309. The Balaban J connectivity index is 1.94. The summed E-state index contributed by atoms with van der Waals surface area (Å²) in [5, 5.41) is 9.85. The highest BCUT2D eigenvalue weighted by Crippen LogP contribution is 2.20. The molecule has 0 aliphatic carbocycles. The third kappa shape index (κ3) is 3.67. The molecule has 0 atom stereocenters. The average Bonchev–Trinajstić information content (AvgIpc) is 2.33. The first-order chi connectivity index (χ1) is 8.86. The molecule has 1 aliphatic heterocycles. The van der Waals surface area contributed by atoms with Crippen molar-refractivity contribution in [3.8, 4) is 5.75 Å². The van der Waals surface area contributed by atoms with Gasteiger partial charge in [-0.1, -0.05) is 0 Å².